The van der Waals surface area contributed by atoms with Gasteiger partial charge in [0.1, 0.15) is 6.54 Å². The number of sulfonamides is 1. The van der Waals surface area contributed by atoms with Crippen molar-refractivity contribution in [3.8, 4) is 0 Å². The first-order chi connectivity index (χ1) is 13.9. The number of benzene rings is 1. The van der Waals surface area contributed by atoms with Crippen molar-refractivity contribution in [2.24, 2.45) is 10.3 Å². The van der Waals surface area contributed by atoms with Crippen molar-refractivity contribution < 1.29 is 31.2 Å². The number of Topliss-reactive ketones (excluding diaryl/α,β-unsaturated/α-hetero) is 1. The average molecular weight is 447 g/mol. The zero-order chi connectivity index (χ0) is 22.5. The van der Waals surface area contributed by atoms with Gasteiger partial charge in [-0.15, -0.1) is 0 Å². The molecule has 9 nitrogen and oxygen atoms in total. The standard InChI is InChI=1S/C17H20F3N5O4S/c1-11(23-24-21-9-12(2)26)8-22-30(28,29)15-4-3-13-5-6-25(10-14(13)7-15)16(27)17(18,19)20/h3-4,7,22H,1,5-6,8-10H2,2H3,(H,21,23). The summed E-state index contributed by atoms with van der Waals surface area (Å²) in [6.45, 7) is 4.10. The van der Waals surface area contributed by atoms with Gasteiger partial charge in [0.2, 0.25) is 10.0 Å². The maximum Gasteiger partial charge on any atom is 0.471 e. The van der Waals surface area contributed by atoms with E-state index in [1.807, 2.05) is 0 Å². The second-order valence-corrected chi connectivity index (χ2v) is 8.31. The highest BCUT2D eigenvalue weighted by atomic mass is 32.2. The molecule has 0 saturated heterocycles. The number of alkyl halides is 3. The van der Waals surface area contributed by atoms with E-state index in [0.717, 1.165) is 0 Å². The molecule has 0 unspecified atom stereocenters. The maximum absolute atomic E-state index is 12.7. The number of hydrogen-bond acceptors (Lipinski definition) is 6. The number of carbonyl (C=O) groups is 2. The van der Waals surface area contributed by atoms with E-state index < -0.39 is 22.1 Å². The highest BCUT2D eigenvalue weighted by Gasteiger charge is 2.43. The van der Waals surface area contributed by atoms with Crippen LogP contribution < -0.4 is 10.1 Å². The van der Waals surface area contributed by atoms with Crippen LogP contribution in [0.3, 0.4) is 0 Å². The molecule has 0 radical (unpaired) electrons. The molecular weight excluding hydrogens is 427 g/mol. The molecule has 1 heterocycles. The molecule has 13 heteroatoms. The predicted octanol–water partition coefficient (Wildman–Crippen LogP) is 1.47. The van der Waals surface area contributed by atoms with E-state index >= 15 is 0 Å². The van der Waals surface area contributed by atoms with Crippen LogP contribution in [0.2, 0.25) is 0 Å². The van der Waals surface area contributed by atoms with Crippen LogP contribution >= 0.6 is 0 Å². The molecule has 0 saturated carbocycles. The fourth-order valence-corrected chi connectivity index (χ4v) is 3.67. The first-order valence-electron chi connectivity index (χ1n) is 8.67. The minimum atomic E-state index is -4.99. The van der Waals surface area contributed by atoms with E-state index in [1.165, 1.54) is 25.1 Å². The number of rotatable bonds is 8. The Morgan fingerprint density at radius 3 is 2.60 bits per heavy atom. The van der Waals surface area contributed by atoms with Crippen molar-refractivity contribution in [3.63, 3.8) is 0 Å². The fraction of sp³-hybridized carbons (Fsp3) is 0.412. The van der Waals surface area contributed by atoms with Gasteiger partial charge in [-0.3, -0.25) is 15.0 Å². The fourth-order valence-electron chi connectivity index (χ4n) is 2.60. The summed E-state index contributed by atoms with van der Waals surface area (Å²) in [6, 6.07) is 4.10. The summed E-state index contributed by atoms with van der Waals surface area (Å²) in [5.74, 6) is -2.16. The Bertz CT molecular complexity index is 976. The smallest absolute Gasteiger partial charge is 0.330 e. The Hall–Kier alpha value is -2.80. The van der Waals surface area contributed by atoms with Crippen molar-refractivity contribution in [3.05, 3.63) is 41.6 Å². The van der Waals surface area contributed by atoms with Crippen LogP contribution in [-0.4, -0.2) is 50.8 Å². The van der Waals surface area contributed by atoms with Gasteiger partial charge >= 0.3 is 12.1 Å². The molecule has 0 spiro atoms. The number of ketones is 1. The lowest BCUT2D eigenvalue weighted by molar-refractivity contribution is -0.186. The molecule has 0 aromatic heterocycles. The normalized spacial score (nSPS) is 14.5. The van der Waals surface area contributed by atoms with Crippen molar-refractivity contribution in [1.29, 1.82) is 0 Å². The van der Waals surface area contributed by atoms with Gasteiger partial charge in [-0.1, -0.05) is 17.9 Å². The molecule has 1 aromatic carbocycles. The number of nitrogens with zero attached hydrogens (tertiary/aromatic N) is 3. The van der Waals surface area contributed by atoms with Crippen LogP contribution in [0, 0.1) is 0 Å². The molecular formula is C17H20F3N5O4S. The lowest BCUT2D eigenvalue weighted by Gasteiger charge is -2.29. The third-order valence-electron chi connectivity index (χ3n) is 4.08. The summed E-state index contributed by atoms with van der Waals surface area (Å²) < 4.78 is 65.2. The first-order valence-corrected chi connectivity index (χ1v) is 10.2. The Kier molecular flexibility index (Phi) is 7.31. The molecule has 0 aliphatic carbocycles. The molecule has 164 valence electrons. The number of hydrogen-bond donors (Lipinski definition) is 2. The van der Waals surface area contributed by atoms with E-state index in [-0.39, 0.29) is 49.0 Å². The Labute approximate surface area is 171 Å². The molecule has 0 atom stereocenters. The van der Waals surface area contributed by atoms with Gasteiger partial charge in [-0.2, -0.15) is 18.3 Å². The predicted molar refractivity (Wildman–Crippen MR) is 99.5 cm³/mol. The molecule has 0 bridgehead atoms. The summed E-state index contributed by atoms with van der Waals surface area (Å²) in [5, 5.41) is 6.99. The minimum Gasteiger partial charge on any atom is -0.330 e. The lowest BCUT2D eigenvalue weighted by Crippen LogP contribution is -2.43. The van der Waals surface area contributed by atoms with Crippen molar-refractivity contribution >= 4 is 21.7 Å². The molecule has 1 amide bonds. The monoisotopic (exact) mass is 447 g/mol. The SMILES string of the molecule is C=C(CNS(=O)(=O)c1ccc2c(c1)CN(C(=O)C(F)(F)F)CC2)NN=NCC(C)=O. The topological polar surface area (TPSA) is 120 Å². The summed E-state index contributed by atoms with van der Waals surface area (Å²) in [5.41, 5.74) is 3.54. The highest BCUT2D eigenvalue weighted by Crippen LogP contribution is 2.26. The van der Waals surface area contributed by atoms with Gasteiger partial charge in [-0.05, 0) is 36.6 Å². The van der Waals surface area contributed by atoms with Crippen LogP contribution in [0.15, 0.2) is 45.7 Å². The van der Waals surface area contributed by atoms with Crippen molar-refractivity contribution in [1.82, 2.24) is 15.0 Å². The molecule has 1 aliphatic rings. The third-order valence-corrected chi connectivity index (χ3v) is 5.48. The molecule has 30 heavy (non-hydrogen) atoms. The van der Waals surface area contributed by atoms with E-state index in [9.17, 15) is 31.2 Å². The van der Waals surface area contributed by atoms with Crippen LogP contribution in [0.4, 0.5) is 13.2 Å². The van der Waals surface area contributed by atoms with Gasteiger partial charge in [-0.25, -0.2) is 13.1 Å². The average Bonchev–Trinajstić information content (AvgIpc) is 2.67. The first kappa shape index (κ1) is 23.5. The number of amides is 1. The number of nitrogens with one attached hydrogen (secondary N) is 2. The van der Waals surface area contributed by atoms with Crippen LogP contribution in [0.5, 0.6) is 0 Å². The van der Waals surface area contributed by atoms with Gasteiger partial charge < -0.3 is 4.90 Å². The summed E-state index contributed by atoms with van der Waals surface area (Å²) in [7, 11) is -4.00. The quantitative estimate of drug-likeness (QED) is 0.462. The second-order valence-electron chi connectivity index (χ2n) is 6.55. The number of carbonyl (C=O) groups excluding carboxylic acids is 2. The summed E-state index contributed by atoms with van der Waals surface area (Å²) >= 11 is 0. The maximum atomic E-state index is 12.7. The zero-order valence-corrected chi connectivity index (χ0v) is 16.8. The highest BCUT2D eigenvalue weighted by molar-refractivity contribution is 7.89. The van der Waals surface area contributed by atoms with E-state index in [1.54, 1.807) is 0 Å². The van der Waals surface area contributed by atoms with Gasteiger partial charge in [0.05, 0.1) is 11.4 Å². The minimum absolute atomic E-state index is 0.0979. The van der Waals surface area contributed by atoms with Gasteiger partial charge in [0, 0.05) is 18.8 Å². The van der Waals surface area contributed by atoms with Crippen LogP contribution in [0.25, 0.3) is 0 Å². The number of halogens is 3. The van der Waals surface area contributed by atoms with E-state index in [0.29, 0.717) is 16.0 Å². The van der Waals surface area contributed by atoms with Crippen LogP contribution in [-0.2, 0) is 32.6 Å². The Morgan fingerprint density at radius 1 is 1.27 bits per heavy atom. The second kappa shape index (κ2) is 9.34. The molecule has 2 rings (SSSR count). The summed E-state index contributed by atoms with van der Waals surface area (Å²) in [6.07, 6.45) is -4.80. The van der Waals surface area contributed by atoms with Crippen LogP contribution in [0.1, 0.15) is 18.1 Å². The van der Waals surface area contributed by atoms with Gasteiger partial charge in [0.25, 0.3) is 0 Å². The summed E-state index contributed by atoms with van der Waals surface area (Å²) in [4.78, 5) is 22.7. The van der Waals surface area contributed by atoms with Gasteiger partial charge in [0.15, 0.2) is 5.78 Å². The largest absolute Gasteiger partial charge is 0.471 e. The molecule has 0 fully saturated rings. The van der Waals surface area contributed by atoms with Crippen molar-refractivity contribution in [2.45, 2.75) is 31.0 Å². The molecule has 1 aromatic rings. The number of fused-ring (bicyclic) bond motifs is 1. The molecule has 2 N–H and O–H groups in total. The lowest BCUT2D eigenvalue weighted by atomic mass is 10.00. The zero-order valence-electron chi connectivity index (χ0n) is 16.0. The van der Waals surface area contributed by atoms with E-state index in [2.05, 4.69) is 27.1 Å². The van der Waals surface area contributed by atoms with Crippen molar-refractivity contribution in [2.75, 3.05) is 19.6 Å². The van der Waals surface area contributed by atoms with E-state index in [4.69, 9.17) is 0 Å². The molecule has 1 aliphatic heterocycles. The third kappa shape index (κ3) is 6.35. The Balaban J connectivity index is 2.04. The Morgan fingerprint density at radius 2 is 1.97 bits per heavy atom.